The summed E-state index contributed by atoms with van der Waals surface area (Å²) in [6.45, 7) is 0. The lowest BCUT2D eigenvalue weighted by atomic mass is 10.2. The van der Waals surface area contributed by atoms with Crippen LogP contribution in [-0.4, -0.2) is 28.0 Å². The van der Waals surface area contributed by atoms with Crippen LogP contribution in [0.3, 0.4) is 0 Å². The number of benzene rings is 2. The maximum absolute atomic E-state index is 12.4. The molecule has 0 spiro atoms. The molecule has 0 aliphatic rings. The highest BCUT2D eigenvalue weighted by molar-refractivity contribution is 9.10. The zero-order valence-electron chi connectivity index (χ0n) is 15.2. The molecule has 3 aromatic rings. The summed E-state index contributed by atoms with van der Waals surface area (Å²) in [5, 5.41) is 14.9. The van der Waals surface area contributed by atoms with E-state index in [4.69, 9.17) is 4.74 Å². The third kappa shape index (κ3) is 5.32. The predicted molar refractivity (Wildman–Crippen MR) is 111 cm³/mol. The number of esters is 1. The number of aromatic nitrogens is 1. The number of nitro groups is 1. The van der Waals surface area contributed by atoms with Gasteiger partial charge in [-0.3, -0.25) is 19.9 Å². The van der Waals surface area contributed by atoms with Crippen molar-refractivity contribution in [3.05, 3.63) is 98.3 Å². The number of amides is 1. The van der Waals surface area contributed by atoms with E-state index >= 15 is 0 Å². The Morgan fingerprint density at radius 3 is 2.63 bits per heavy atom. The van der Waals surface area contributed by atoms with Crippen molar-refractivity contribution in [1.29, 1.82) is 0 Å². The van der Waals surface area contributed by atoms with Crippen molar-refractivity contribution in [2.45, 2.75) is 0 Å². The second-order valence-corrected chi connectivity index (χ2v) is 6.74. The normalized spacial score (nSPS) is 10.6. The monoisotopic (exact) mass is 468 g/mol. The van der Waals surface area contributed by atoms with Crippen LogP contribution < -0.4 is 10.2 Å². The van der Waals surface area contributed by atoms with Crippen LogP contribution in [0.15, 0.2) is 76.6 Å². The van der Waals surface area contributed by atoms with Gasteiger partial charge in [0.1, 0.15) is 5.75 Å². The van der Waals surface area contributed by atoms with E-state index in [-0.39, 0.29) is 28.1 Å². The largest absolute Gasteiger partial charge is 0.422 e. The molecule has 150 valence electrons. The Balaban J connectivity index is 1.82. The fraction of sp³-hybridized carbons (Fsp3) is 0. The van der Waals surface area contributed by atoms with Gasteiger partial charge in [0.25, 0.3) is 11.6 Å². The topological polar surface area (TPSA) is 124 Å². The molecule has 1 aromatic heterocycles. The predicted octanol–water partition coefficient (Wildman–Crippen LogP) is 3.74. The van der Waals surface area contributed by atoms with E-state index in [0.29, 0.717) is 4.47 Å². The molecule has 10 heteroatoms. The first-order chi connectivity index (χ1) is 14.4. The van der Waals surface area contributed by atoms with Crippen molar-refractivity contribution in [2.75, 3.05) is 0 Å². The van der Waals surface area contributed by atoms with E-state index in [1.165, 1.54) is 30.6 Å². The van der Waals surface area contributed by atoms with Crippen LogP contribution in [0.25, 0.3) is 0 Å². The first-order valence-electron chi connectivity index (χ1n) is 8.43. The van der Waals surface area contributed by atoms with Crippen LogP contribution in [0.2, 0.25) is 0 Å². The van der Waals surface area contributed by atoms with E-state index in [9.17, 15) is 19.7 Å². The standard InChI is InChI=1S/C20H13BrN4O5/c21-16-5-1-3-13(9-16)20(27)30-18-7-6-17(25(28)29)10-15(18)12-23-24-19(26)14-4-2-8-22-11-14/h1-12H,(H,24,26)/b23-12-. The molecular formula is C20H13BrN4O5. The van der Waals surface area contributed by atoms with Crippen molar-refractivity contribution in [3.8, 4) is 5.75 Å². The molecule has 0 fully saturated rings. The van der Waals surface area contributed by atoms with Gasteiger partial charge in [0.15, 0.2) is 0 Å². The maximum atomic E-state index is 12.4. The Morgan fingerprint density at radius 1 is 1.13 bits per heavy atom. The van der Waals surface area contributed by atoms with Gasteiger partial charge in [0.05, 0.1) is 22.3 Å². The fourth-order valence-corrected chi connectivity index (χ4v) is 2.74. The van der Waals surface area contributed by atoms with E-state index in [1.54, 1.807) is 36.4 Å². The zero-order chi connectivity index (χ0) is 21.5. The van der Waals surface area contributed by atoms with Crippen LogP contribution >= 0.6 is 15.9 Å². The smallest absolute Gasteiger partial charge is 0.343 e. The number of ether oxygens (including phenoxy) is 1. The minimum absolute atomic E-state index is 0.0463. The third-order valence-corrected chi connectivity index (χ3v) is 4.25. The average Bonchev–Trinajstić information content (AvgIpc) is 2.75. The van der Waals surface area contributed by atoms with Crippen LogP contribution in [0.4, 0.5) is 5.69 Å². The van der Waals surface area contributed by atoms with Gasteiger partial charge in [-0.2, -0.15) is 5.10 Å². The van der Waals surface area contributed by atoms with E-state index in [1.807, 2.05) is 0 Å². The third-order valence-electron chi connectivity index (χ3n) is 3.76. The maximum Gasteiger partial charge on any atom is 0.343 e. The number of rotatable bonds is 6. The van der Waals surface area contributed by atoms with Crippen LogP contribution in [-0.2, 0) is 0 Å². The van der Waals surface area contributed by atoms with Gasteiger partial charge in [-0.15, -0.1) is 0 Å². The van der Waals surface area contributed by atoms with E-state index < -0.39 is 16.8 Å². The lowest BCUT2D eigenvalue weighted by Crippen LogP contribution is -2.17. The van der Waals surface area contributed by atoms with Crippen molar-refractivity contribution in [2.24, 2.45) is 5.10 Å². The Morgan fingerprint density at radius 2 is 1.93 bits per heavy atom. The van der Waals surface area contributed by atoms with Crippen LogP contribution in [0, 0.1) is 10.1 Å². The number of hydrogen-bond donors (Lipinski definition) is 1. The fourth-order valence-electron chi connectivity index (χ4n) is 2.34. The lowest BCUT2D eigenvalue weighted by molar-refractivity contribution is -0.384. The number of nitrogens with one attached hydrogen (secondary N) is 1. The summed E-state index contributed by atoms with van der Waals surface area (Å²) in [5.41, 5.74) is 2.78. The van der Waals surface area contributed by atoms with E-state index in [2.05, 4.69) is 31.4 Å². The number of hydrogen-bond acceptors (Lipinski definition) is 7. The molecule has 2 aromatic carbocycles. The minimum atomic E-state index is -0.654. The first-order valence-corrected chi connectivity index (χ1v) is 9.23. The van der Waals surface area contributed by atoms with Gasteiger partial charge >= 0.3 is 5.97 Å². The number of non-ortho nitro benzene ring substituents is 1. The molecule has 3 rings (SSSR count). The minimum Gasteiger partial charge on any atom is -0.422 e. The van der Waals surface area contributed by atoms with Gasteiger partial charge in [0.2, 0.25) is 0 Å². The summed E-state index contributed by atoms with van der Waals surface area (Å²) >= 11 is 3.27. The average molecular weight is 469 g/mol. The van der Waals surface area contributed by atoms with Gasteiger partial charge in [0, 0.05) is 34.6 Å². The molecule has 0 saturated heterocycles. The number of nitro benzene ring substituents is 1. The highest BCUT2D eigenvalue weighted by atomic mass is 79.9. The Hall–Kier alpha value is -3.92. The summed E-state index contributed by atoms with van der Waals surface area (Å²) < 4.78 is 6.06. The highest BCUT2D eigenvalue weighted by Crippen LogP contribution is 2.24. The second-order valence-electron chi connectivity index (χ2n) is 5.82. The highest BCUT2D eigenvalue weighted by Gasteiger charge is 2.15. The SMILES string of the molecule is O=C(N/N=C\c1cc([N+](=O)[O-])ccc1OC(=O)c1cccc(Br)c1)c1cccnc1. The van der Waals surface area contributed by atoms with Gasteiger partial charge in [-0.25, -0.2) is 10.2 Å². The Bertz CT molecular complexity index is 1140. The molecule has 1 N–H and O–H groups in total. The summed E-state index contributed by atoms with van der Waals surface area (Å²) in [6.07, 6.45) is 4.04. The summed E-state index contributed by atoms with van der Waals surface area (Å²) in [6, 6.07) is 13.4. The molecule has 0 radical (unpaired) electrons. The lowest BCUT2D eigenvalue weighted by Gasteiger charge is -2.08. The van der Waals surface area contributed by atoms with Crippen molar-refractivity contribution < 1.29 is 19.2 Å². The van der Waals surface area contributed by atoms with Crippen molar-refractivity contribution in [1.82, 2.24) is 10.4 Å². The number of carbonyl (C=O) groups excluding carboxylic acids is 2. The number of halogens is 1. The van der Waals surface area contributed by atoms with Gasteiger partial charge in [-0.05, 0) is 36.4 Å². The van der Waals surface area contributed by atoms with Crippen LogP contribution in [0.1, 0.15) is 26.3 Å². The molecule has 30 heavy (non-hydrogen) atoms. The number of nitrogens with zero attached hydrogens (tertiary/aromatic N) is 3. The molecule has 1 heterocycles. The quantitative estimate of drug-likeness (QED) is 0.193. The Kier molecular flexibility index (Phi) is 6.60. The molecular weight excluding hydrogens is 456 g/mol. The first kappa shape index (κ1) is 20.8. The number of pyridine rings is 1. The molecule has 0 bridgehead atoms. The van der Waals surface area contributed by atoms with Gasteiger partial charge in [-0.1, -0.05) is 22.0 Å². The Labute approximate surface area is 178 Å². The zero-order valence-corrected chi connectivity index (χ0v) is 16.8. The number of hydrazone groups is 1. The van der Waals surface area contributed by atoms with E-state index in [0.717, 1.165) is 6.21 Å². The summed E-state index contributed by atoms with van der Waals surface area (Å²) in [7, 11) is 0. The van der Waals surface area contributed by atoms with Gasteiger partial charge < -0.3 is 4.74 Å². The molecule has 0 saturated carbocycles. The second kappa shape index (κ2) is 9.52. The van der Waals surface area contributed by atoms with Crippen molar-refractivity contribution >= 4 is 39.7 Å². The molecule has 0 unspecified atom stereocenters. The number of carbonyl (C=O) groups is 2. The summed E-state index contributed by atoms with van der Waals surface area (Å²) in [4.78, 5) is 38.8. The van der Waals surface area contributed by atoms with Crippen molar-refractivity contribution in [3.63, 3.8) is 0 Å². The van der Waals surface area contributed by atoms with Crippen LogP contribution in [0.5, 0.6) is 5.75 Å². The molecule has 9 nitrogen and oxygen atoms in total. The molecule has 0 aliphatic heterocycles. The molecule has 0 atom stereocenters. The summed E-state index contributed by atoms with van der Waals surface area (Å²) in [5.74, 6) is -1.12. The molecule has 0 aliphatic carbocycles. The molecule has 1 amide bonds.